The number of fused-ring (bicyclic) bond motifs is 1. The molecule has 0 aliphatic heterocycles. The van der Waals surface area contributed by atoms with Gasteiger partial charge in [0.25, 0.3) is 0 Å². The minimum absolute atomic E-state index is 0.271. The molecule has 2 heterocycles. The molecular weight excluding hydrogens is 332 g/mol. The summed E-state index contributed by atoms with van der Waals surface area (Å²) in [4.78, 5) is 16.4. The van der Waals surface area contributed by atoms with E-state index in [2.05, 4.69) is 20.8 Å². The highest BCUT2D eigenvalue weighted by molar-refractivity contribution is 5.89. The van der Waals surface area contributed by atoms with Crippen LogP contribution in [0, 0.1) is 6.92 Å². The normalized spacial score (nSPS) is 10.8. The Bertz CT molecular complexity index is 1020. The molecule has 2 amide bonds. The monoisotopic (exact) mass is 348 g/mol. The second-order valence-electron chi connectivity index (χ2n) is 5.81. The first kappa shape index (κ1) is 15.9. The zero-order valence-electron chi connectivity index (χ0n) is 14.0. The number of para-hydroxylation sites is 2. The zero-order chi connectivity index (χ0) is 17.9. The molecular formula is C19H16N4O3. The predicted octanol–water partition coefficient (Wildman–Crippen LogP) is 4.11. The van der Waals surface area contributed by atoms with Crippen LogP contribution in [0.4, 0.5) is 10.5 Å². The van der Waals surface area contributed by atoms with E-state index in [1.807, 2.05) is 43.3 Å². The zero-order valence-corrected chi connectivity index (χ0v) is 14.0. The summed E-state index contributed by atoms with van der Waals surface area (Å²) in [6, 6.07) is 16.3. The van der Waals surface area contributed by atoms with Gasteiger partial charge in [-0.2, -0.15) is 0 Å². The summed E-state index contributed by atoms with van der Waals surface area (Å²) in [6.45, 7) is 2.10. The van der Waals surface area contributed by atoms with E-state index in [4.69, 9.17) is 8.94 Å². The lowest BCUT2D eigenvalue weighted by atomic mass is 10.2. The topological polar surface area (TPSA) is 93.2 Å². The van der Waals surface area contributed by atoms with Gasteiger partial charge in [-0.1, -0.05) is 17.3 Å². The largest absolute Gasteiger partial charge is 0.436 e. The lowest BCUT2D eigenvalue weighted by molar-refractivity contribution is 0.250. The van der Waals surface area contributed by atoms with E-state index < -0.39 is 0 Å². The number of rotatable bonds is 4. The number of oxazole rings is 1. The van der Waals surface area contributed by atoms with Crippen molar-refractivity contribution in [2.45, 2.75) is 13.5 Å². The summed E-state index contributed by atoms with van der Waals surface area (Å²) in [5.74, 6) is 1.15. The van der Waals surface area contributed by atoms with Gasteiger partial charge in [0.2, 0.25) is 5.89 Å². The number of nitrogens with zero attached hydrogens (tertiary/aromatic N) is 2. The van der Waals surface area contributed by atoms with Crippen LogP contribution >= 0.6 is 0 Å². The van der Waals surface area contributed by atoms with Crippen molar-refractivity contribution in [3.63, 3.8) is 0 Å². The van der Waals surface area contributed by atoms with Crippen molar-refractivity contribution in [2.24, 2.45) is 0 Å². The third-order valence-corrected chi connectivity index (χ3v) is 3.78. The van der Waals surface area contributed by atoms with Gasteiger partial charge >= 0.3 is 6.03 Å². The highest BCUT2D eigenvalue weighted by Gasteiger charge is 2.09. The number of urea groups is 1. The number of benzene rings is 2. The van der Waals surface area contributed by atoms with Crippen LogP contribution in [0.5, 0.6) is 0 Å². The van der Waals surface area contributed by atoms with Crippen molar-refractivity contribution in [1.29, 1.82) is 0 Å². The van der Waals surface area contributed by atoms with Gasteiger partial charge in [-0.25, -0.2) is 9.78 Å². The molecule has 2 N–H and O–H groups in total. The summed E-state index contributed by atoms with van der Waals surface area (Å²) in [5, 5.41) is 9.24. The highest BCUT2D eigenvalue weighted by atomic mass is 16.5. The molecule has 0 saturated heterocycles. The Kier molecular flexibility index (Phi) is 4.10. The fourth-order valence-electron chi connectivity index (χ4n) is 2.53. The number of amides is 2. The van der Waals surface area contributed by atoms with Gasteiger partial charge in [0.1, 0.15) is 5.52 Å². The van der Waals surface area contributed by atoms with Crippen molar-refractivity contribution in [2.75, 3.05) is 5.32 Å². The summed E-state index contributed by atoms with van der Waals surface area (Å²) in [7, 11) is 0. The number of nitrogens with one attached hydrogen (secondary N) is 2. The number of aromatic nitrogens is 2. The van der Waals surface area contributed by atoms with E-state index in [0.717, 1.165) is 22.4 Å². The lowest BCUT2D eigenvalue weighted by Crippen LogP contribution is -2.27. The predicted molar refractivity (Wildman–Crippen MR) is 96.5 cm³/mol. The fraction of sp³-hybridized carbons (Fsp3) is 0.105. The smallest absolute Gasteiger partial charge is 0.319 e. The van der Waals surface area contributed by atoms with Gasteiger partial charge in [-0.3, -0.25) is 0 Å². The molecule has 4 aromatic rings. The molecule has 0 spiro atoms. The molecule has 0 fully saturated rings. The van der Waals surface area contributed by atoms with Crippen molar-refractivity contribution >= 4 is 22.8 Å². The molecule has 0 aliphatic rings. The maximum atomic E-state index is 11.9. The summed E-state index contributed by atoms with van der Waals surface area (Å²) < 4.78 is 10.8. The Morgan fingerprint density at radius 3 is 2.65 bits per heavy atom. The molecule has 0 saturated carbocycles. The summed E-state index contributed by atoms with van der Waals surface area (Å²) in [6.07, 6.45) is 0. The molecule has 0 radical (unpaired) electrons. The van der Waals surface area contributed by atoms with Crippen LogP contribution in [0.3, 0.4) is 0 Å². The standard InChI is InChI=1S/C19H16N4O3/c1-12-10-15(26-23-12)11-20-19(24)21-14-8-6-13(7-9-14)18-22-16-4-2-3-5-17(16)25-18/h2-10H,11H2,1H3,(H2,20,21,24). The number of hydrogen-bond donors (Lipinski definition) is 2. The van der Waals surface area contributed by atoms with Crippen LogP contribution in [0.1, 0.15) is 11.5 Å². The summed E-state index contributed by atoms with van der Waals surface area (Å²) in [5.41, 5.74) is 3.83. The van der Waals surface area contributed by atoms with Gasteiger partial charge in [0, 0.05) is 17.3 Å². The third-order valence-electron chi connectivity index (χ3n) is 3.78. The van der Waals surface area contributed by atoms with Gasteiger partial charge in [0.05, 0.1) is 12.2 Å². The molecule has 0 unspecified atom stereocenters. The highest BCUT2D eigenvalue weighted by Crippen LogP contribution is 2.25. The molecule has 130 valence electrons. The first-order valence-electron chi connectivity index (χ1n) is 8.10. The Morgan fingerprint density at radius 1 is 1.12 bits per heavy atom. The SMILES string of the molecule is Cc1cc(CNC(=O)Nc2ccc(-c3nc4ccccc4o3)cc2)on1. The Hall–Kier alpha value is -3.61. The van der Waals surface area contributed by atoms with E-state index in [1.165, 1.54) is 0 Å². The van der Waals surface area contributed by atoms with Crippen molar-refractivity contribution in [1.82, 2.24) is 15.5 Å². The van der Waals surface area contributed by atoms with Gasteiger partial charge in [-0.05, 0) is 43.3 Å². The van der Waals surface area contributed by atoms with Gasteiger partial charge in [-0.15, -0.1) is 0 Å². The van der Waals surface area contributed by atoms with Crippen LogP contribution < -0.4 is 10.6 Å². The number of carbonyl (C=O) groups excluding carboxylic acids is 1. The molecule has 7 heteroatoms. The molecule has 0 atom stereocenters. The summed E-state index contributed by atoms with van der Waals surface area (Å²) >= 11 is 0. The minimum Gasteiger partial charge on any atom is -0.436 e. The fourth-order valence-corrected chi connectivity index (χ4v) is 2.53. The average Bonchev–Trinajstić information content (AvgIpc) is 3.26. The maximum absolute atomic E-state index is 11.9. The van der Waals surface area contributed by atoms with Crippen LogP contribution in [0.2, 0.25) is 0 Å². The molecule has 0 aliphatic carbocycles. The molecule has 26 heavy (non-hydrogen) atoms. The second-order valence-corrected chi connectivity index (χ2v) is 5.81. The minimum atomic E-state index is -0.325. The molecule has 2 aromatic heterocycles. The third kappa shape index (κ3) is 3.41. The van der Waals surface area contributed by atoms with E-state index in [1.54, 1.807) is 18.2 Å². The van der Waals surface area contributed by atoms with Crippen LogP contribution in [0.25, 0.3) is 22.6 Å². The lowest BCUT2D eigenvalue weighted by Gasteiger charge is -2.06. The molecule has 0 bridgehead atoms. The molecule has 7 nitrogen and oxygen atoms in total. The Morgan fingerprint density at radius 2 is 1.92 bits per heavy atom. The maximum Gasteiger partial charge on any atom is 0.319 e. The van der Waals surface area contributed by atoms with Crippen molar-refractivity contribution in [3.8, 4) is 11.5 Å². The first-order chi connectivity index (χ1) is 12.7. The quantitative estimate of drug-likeness (QED) is 0.579. The van der Waals surface area contributed by atoms with Crippen molar-refractivity contribution < 1.29 is 13.7 Å². The van der Waals surface area contributed by atoms with E-state index in [9.17, 15) is 4.79 Å². The van der Waals surface area contributed by atoms with E-state index >= 15 is 0 Å². The van der Waals surface area contributed by atoms with Gasteiger partial charge in [0.15, 0.2) is 11.3 Å². The second kappa shape index (κ2) is 6.72. The molecule has 2 aromatic carbocycles. The van der Waals surface area contributed by atoms with Crippen molar-refractivity contribution in [3.05, 3.63) is 66.1 Å². The van der Waals surface area contributed by atoms with Crippen LogP contribution in [-0.2, 0) is 6.54 Å². The Balaban J connectivity index is 1.40. The number of carbonyl (C=O) groups is 1. The number of hydrogen-bond acceptors (Lipinski definition) is 5. The Labute approximate surface area is 149 Å². The number of aryl methyl sites for hydroxylation is 1. The van der Waals surface area contributed by atoms with Gasteiger partial charge < -0.3 is 19.6 Å². The molecule has 4 rings (SSSR count). The van der Waals surface area contributed by atoms with E-state index in [-0.39, 0.29) is 12.6 Å². The van der Waals surface area contributed by atoms with Crippen LogP contribution in [-0.4, -0.2) is 16.2 Å². The first-order valence-corrected chi connectivity index (χ1v) is 8.10. The number of anilines is 1. The van der Waals surface area contributed by atoms with E-state index in [0.29, 0.717) is 17.3 Å². The average molecular weight is 348 g/mol. The van der Waals surface area contributed by atoms with Crippen LogP contribution in [0.15, 0.2) is 63.5 Å².